The monoisotopic (exact) mass is 258 g/mol. The Bertz CT molecular complexity index is 279. The molecule has 18 heavy (non-hydrogen) atoms. The fourth-order valence-corrected chi connectivity index (χ4v) is 1.63. The molecule has 0 aromatic heterocycles. The van der Waals surface area contributed by atoms with E-state index in [2.05, 4.69) is 5.32 Å². The maximum absolute atomic E-state index is 12.0. The summed E-state index contributed by atoms with van der Waals surface area (Å²) in [7, 11) is 0. The fraction of sp³-hybridized carbons (Fsp3) is 0.846. The Morgan fingerprint density at radius 1 is 1.22 bits per heavy atom. The molecule has 2 atom stereocenters. The Balaban J connectivity index is 4.56. The largest absolute Gasteiger partial charge is 0.480 e. The molecule has 0 saturated heterocycles. The highest BCUT2D eigenvalue weighted by Crippen LogP contribution is 2.05. The van der Waals surface area contributed by atoms with Gasteiger partial charge in [-0.15, -0.1) is 0 Å². The number of carbonyl (C=O) groups is 2. The second-order valence-electron chi connectivity index (χ2n) is 5.21. The number of carboxylic acids is 1. The molecule has 0 spiro atoms. The van der Waals surface area contributed by atoms with E-state index in [0.717, 1.165) is 6.42 Å². The molecule has 1 amide bonds. The molecule has 5 nitrogen and oxygen atoms in total. The lowest BCUT2D eigenvalue weighted by Gasteiger charge is -2.29. The number of aliphatic carboxylic acids is 1. The van der Waals surface area contributed by atoms with Crippen molar-refractivity contribution in [1.82, 2.24) is 10.2 Å². The lowest BCUT2D eigenvalue weighted by atomic mass is 10.1. The minimum atomic E-state index is -0.904. The quantitative estimate of drug-likeness (QED) is 0.689. The number of nitrogens with one attached hydrogen (secondary N) is 1. The van der Waals surface area contributed by atoms with Crippen LogP contribution in [0.25, 0.3) is 0 Å². The molecule has 0 aliphatic rings. The molecule has 0 aliphatic heterocycles. The van der Waals surface area contributed by atoms with Crippen molar-refractivity contribution in [3.05, 3.63) is 0 Å². The Labute approximate surface area is 110 Å². The second kappa shape index (κ2) is 8.08. The van der Waals surface area contributed by atoms with Gasteiger partial charge in [-0.1, -0.05) is 20.8 Å². The van der Waals surface area contributed by atoms with Gasteiger partial charge in [0.05, 0.1) is 12.6 Å². The number of hydrogen-bond donors (Lipinski definition) is 2. The predicted octanol–water partition coefficient (Wildman–Crippen LogP) is 1.33. The summed E-state index contributed by atoms with van der Waals surface area (Å²) in [6.45, 7) is 10.2. The molecule has 0 fully saturated rings. The molecule has 5 heteroatoms. The normalized spacial score (nSPS) is 14.6. The van der Waals surface area contributed by atoms with Crippen LogP contribution in [0.5, 0.6) is 0 Å². The highest BCUT2D eigenvalue weighted by molar-refractivity contribution is 5.82. The summed E-state index contributed by atoms with van der Waals surface area (Å²) in [5.74, 6) is -0.687. The lowest BCUT2D eigenvalue weighted by molar-refractivity contribution is -0.140. The van der Waals surface area contributed by atoms with Crippen molar-refractivity contribution in [1.29, 1.82) is 0 Å². The van der Waals surface area contributed by atoms with Crippen molar-refractivity contribution in [2.24, 2.45) is 5.92 Å². The van der Waals surface area contributed by atoms with Crippen molar-refractivity contribution in [3.63, 3.8) is 0 Å². The SMILES string of the molecule is CCC(C)NC(=O)C(C)N(CC(=O)O)CC(C)C. The minimum Gasteiger partial charge on any atom is -0.480 e. The number of nitrogens with zero attached hydrogens (tertiary/aromatic N) is 1. The summed E-state index contributed by atoms with van der Waals surface area (Å²) < 4.78 is 0. The highest BCUT2D eigenvalue weighted by Gasteiger charge is 2.24. The van der Waals surface area contributed by atoms with Crippen molar-refractivity contribution in [3.8, 4) is 0 Å². The van der Waals surface area contributed by atoms with Gasteiger partial charge in [-0.25, -0.2) is 0 Å². The number of rotatable bonds is 8. The smallest absolute Gasteiger partial charge is 0.317 e. The summed E-state index contributed by atoms with van der Waals surface area (Å²) in [4.78, 5) is 24.5. The first-order valence-electron chi connectivity index (χ1n) is 6.54. The summed E-state index contributed by atoms with van der Waals surface area (Å²) in [6, 6.07) is -0.303. The molecule has 2 N–H and O–H groups in total. The van der Waals surface area contributed by atoms with E-state index in [4.69, 9.17) is 5.11 Å². The first kappa shape index (κ1) is 16.9. The van der Waals surface area contributed by atoms with Crippen LogP contribution in [-0.4, -0.2) is 47.1 Å². The van der Waals surface area contributed by atoms with Crippen LogP contribution in [0, 0.1) is 5.92 Å². The topological polar surface area (TPSA) is 69.6 Å². The van der Waals surface area contributed by atoms with Crippen LogP contribution in [-0.2, 0) is 9.59 Å². The molecule has 0 aromatic carbocycles. The first-order chi connectivity index (χ1) is 8.27. The lowest BCUT2D eigenvalue weighted by Crippen LogP contribution is -2.50. The summed E-state index contributed by atoms with van der Waals surface area (Å²) in [6.07, 6.45) is 0.863. The van der Waals surface area contributed by atoms with Gasteiger partial charge >= 0.3 is 5.97 Å². The van der Waals surface area contributed by atoms with Crippen LogP contribution >= 0.6 is 0 Å². The summed E-state index contributed by atoms with van der Waals surface area (Å²) in [5, 5.41) is 11.8. The molecule has 0 rings (SSSR count). The van der Waals surface area contributed by atoms with Crippen LogP contribution in [0.2, 0.25) is 0 Å². The van der Waals surface area contributed by atoms with Gasteiger partial charge in [0.15, 0.2) is 0 Å². The van der Waals surface area contributed by atoms with Gasteiger partial charge in [0.25, 0.3) is 0 Å². The number of carboxylic acid groups (broad SMARTS) is 1. The molecular formula is C13H26N2O3. The molecule has 0 heterocycles. The van der Waals surface area contributed by atoms with E-state index in [-0.39, 0.29) is 18.5 Å². The minimum absolute atomic E-state index is 0.104. The third-order valence-electron chi connectivity index (χ3n) is 2.87. The van der Waals surface area contributed by atoms with E-state index >= 15 is 0 Å². The highest BCUT2D eigenvalue weighted by atomic mass is 16.4. The van der Waals surface area contributed by atoms with Gasteiger partial charge in [0.1, 0.15) is 0 Å². The van der Waals surface area contributed by atoms with Gasteiger partial charge < -0.3 is 10.4 Å². The van der Waals surface area contributed by atoms with E-state index in [1.54, 1.807) is 11.8 Å². The number of amides is 1. The number of carbonyl (C=O) groups excluding carboxylic acids is 1. The molecule has 2 unspecified atom stereocenters. The number of hydrogen-bond acceptors (Lipinski definition) is 3. The molecule has 0 bridgehead atoms. The Hall–Kier alpha value is -1.10. The van der Waals surface area contributed by atoms with E-state index in [1.807, 2.05) is 27.7 Å². The van der Waals surface area contributed by atoms with E-state index in [0.29, 0.717) is 12.5 Å². The third kappa shape index (κ3) is 6.59. The van der Waals surface area contributed by atoms with Crippen LogP contribution in [0.3, 0.4) is 0 Å². The zero-order valence-electron chi connectivity index (χ0n) is 12.1. The van der Waals surface area contributed by atoms with Gasteiger partial charge in [0.2, 0.25) is 5.91 Å². The van der Waals surface area contributed by atoms with E-state index in [1.165, 1.54) is 0 Å². The van der Waals surface area contributed by atoms with Gasteiger partial charge in [0, 0.05) is 12.6 Å². The molecule has 0 radical (unpaired) electrons. The van der Waals surface area contributed by atoms with Crippen LogP contribution < -0.4 is 5.32 Å². The fourth-order valence-electron chi connectivity index (χ4n) is 1.63. The molecule has 106 valence electrons. The second-order valence-corrected chi connectivity index (χ2v) is 5.21. The van der Waals surface area contributed by atoms with Crippen LogP contribution in [0.4, 0.5) is 0 Å². The van der Waals surface area contributed by atoms with E-state index in [9.17, 15) is 9.59 Å². The molecular weight excluding hydrogens is 232 g/mol. The van der Waals surface area contributed by atoms with E-state index < -0.39 is 12.0 Å². The zero-order chi connectivity index (χ0) is 14.3. The van der Waals surface area contributed by atoms with Crippen molar-refractivity contribution < 1.29 is 14.7 Å². The third-order valence-corrected chi connectivity index (χ3v) is 2.87. The first-order valence-corrected chi connectivity index (χ1v) is 6.54. The maximum Gasteiger partial charge on any atom is 0.317 e. The maximum atomic E-state index is 12.0. The summed E-state index contributed by atoms with van der Waals surface area (Å²) >= 11 is 0. The van der Waals surface area contributed by atoms with Crippen LogP contribution in [0.1, 0.15) is 41.0 Å². The zero-order valence-corrected chi connectivity index (χ0v) is 12.1. The predicted molar refractivity (Wildman–Crippen MR) is 71.4 cm³/mol. The van der Waals surface area contributed by atoms with Gasteiger partial charge in [-0.05, 0) is 26.2 Å². The standard InChI is InChI=1S/C13H26N2O3/c1-6-10(4)14-13(18)11(5)15(7-9(2)3)8-12(16)17/h9-11H,6-8H2,1-5H3,(H,14,18)(H,16,17). The summed E-state index contributed by atoms with van der Waals surface area (Å²) in [5.41, 5.74) is 0. The Kier molecular flexibility index (Phi) is 7.59. The average molecular weight is 258 g/mol. The van der Waals surface area contributed by atoms with Gasteiger partial charge in [-0.3, -0.25) is 14.5 Å². The Morgan fingerprint density at radius 2 is 1.78 bits per heavy atom. The average Bonchev–Trinajstić information content (AvgIpc) is 2.25. The van der Waals surface area contributed by atoms with Crippen LogP contribution in [0.15, 0.2) is 0 Å². The van der Waals surface area contributed by atoms with Crippen molar-refractivity contribution in [2.75, 3.05) is 13.1 Å². The van der Waals surface area contributed by atoms with Crippen molar-refractivity contribution >= 4 is 11.9 Å². The van der Waals surface area contributed by atoms with Gasteiger partial charge in [-0.2, -0.15) is 0 Å². The molecule has 0 aliphatic carbocycles. The Morgan fingerprint density at radius 3 is 2.17 bits per heavy atom. The van der Waals surface area contributed by atoms with Crippen molar-refractivity contribution in [2.45, 2.75) is 53.1 Å². The molecule has 0 aromatic rings. The molecule has 0 saturated carbocycles.